The molecule has 4 nitrogen and oxygen atoms in total. The largest absolute Gasteiger partial charge is 0.508 e. The molecule has 1 heterocycles. The summed E-state index contributed by atoms with van der Waals surface area (Å²) in [5.41, 5.74) is 4.20. The van der Waals surface area contributed by atoms with E-state index in [1.807, 2.05) is 33.8 Å². The fourth-order valence-electron chi connectivity index (χ4n) is 4.28. The van der Waals surface area contributed by atoms with Crippen LogP contribution >= 0.6 is 0 Å². The van der Waals surface area contributed by atoms with Crippen LogP contribution in [-0.2, 0) is 11.2 Å². The Morgan fingerprint density at radius 2 is 2.00 bits per heavy atom. The highest BCUT2D eigenvalue weighted by Gasteiger charge is 2.32. The smallest absolute Gasteiger partial charge is 0.167 e. The molecule has 0 bridgehead atoms. The van der Waals surface area contributed by atoms with E-state index >= 15 is 0 Å². The highest BCUT2D eigenvalue weighted by atomic mass is 16.5. The molecule has 1 unspecified atom stereocenters. The van der Waals surface area contributed by atoms with Crippen molar-refractivity contribution in [2.45, 2.75) is 98.2 Å². The Morgan fingerprint density at radius 3 is 2.68 bits per heavy atom. The molecule has 0 fully saturated rings. The zero-order valence-electron chi connectivity index (χ0n) is 20.1. The number of aliphatic hydroxyl groups excluding tert-OH is 1. The second kappa shape index (κ2) is 11.0. The Hall–Kier alpha value is -2.07. The first-order valence-corrected chi connectivity index (χ1v) is 11.5. The zero-order valence-corrected chi connectivity index (χ0v) is 20.1. The van der Waals surface area contributed by atoms with Gasteiger partial charge in [-0.2, -0.15) is 0 Å². The molecule has 0 spiro atoms. The van der Waals surface area contributed by atoms with Gasteiger partial charge in [0.05, 0.1) is 0 Å². The number of phenolic OH excluding ortho intramolecular Hbond substituents is 1. The maximum Gasteiger partial charge on any atom is 0.167 e. The topological polar surface area (TPSA) is 66.8 Å². The molecule has 0 saturated heterocycles. The van der Waals surface area contributed by atoms with E-state index in [4.69, 9.17) is 4.74 Å². The molecule has 172 valence electrons. The van der Waals surface area contributed by atoms with Crippen molar-refractivity contribution >= 4 is 5.78 Å². The number of Topliss-reactive ketones (excluding diaryl/α,β-unsaturated/α-hetero) is 1. The summed E-state index contributed by atoms with van der Waals surface area (Å²) in [5.74, 6) is 1.02. The molecule has 1 aromatic rings. The van der Waals surface area contributed by atoms with Gasteiger partial charge in [-0.05, 0) is 103 Å². The van der Waals surface area contributed by atoms with Gasteiger partial charge < -0.3 is 14.9 Å². The van der Waals surface area contributed by atoms with E-state index in [9.17, 15) is 15.0 Å². The summed E-state index contributed by atoms with van der Waals surface area (Å²) in [6.07, 6.45) is 9.43. The van der Waals surface area contributed by atoms with E-state index in [0.717, 1.165) is 67.4 Å². The van der Waals surface area contributed by atoms with Gasteiger partial charge in [0, 0.05) is 5.92 Å². The third-order valence-corrected chi connectivity index (χ3v) is 6.25. The number of rotatable bonds is 10. The average Bonchev–Trinajstić information content (AvgIpc) is 2.67. The van der Waals surface area contributed by atoms with Crippen molar-refractivity contribution in [3.8, 4) is 11.5 Å². The SMILES string of the molecule is CC(C)=C[C@@H](O)C(=O)C(C)CCC/C(C)=C/CC[C@]1(C)CCc2cc(O)cc(C)c2O1. The van der Waals surface area contributed by atoms with Gasteiger partial charge in [-0.25, -0.2) is 0 Å². The van der Waals surface area contributed by atoms with Crippen LogP contribution in [0.4, 0.5) is 0 Å². The molecule has 31 heavy (non-hydrogen) atoms. The Balaban J connectivity index is 1.79. The van der Waals surface area contributed by atoms with E-state index in [1.165, 1.54) is 5.57 Å². The van der Waals surface area contributed by atoms with Gasteiger partial charge in [-0.15, -0.1) is 0 Å². The lowest BCUT2D eigenvalue weighted by Crippen LogP contribution is -2.36. The van der Waals surface area contributed by atoms with Gasteiger partial charge in [-0.3, -0.25) is 4.79 Å². The minimum Gasteiger partial charge on any atom is -0.508 e. The number of hydrogen-bond donors (Lipinski definition) is 2. The van der Waals surface area contributed by atoms with Crippen LogP contribution in [0.25, 0.3) is 0 Å². The van der Waals surface area contributed by atoms with Crippen molar-refractivity contribution in [1.29, 1.82) is 0 Å². The van der Waals surface area contributed by atoms with E-state index in [0.29, 0.717) is 5.75 Å². The summed E-state index contributed by atoms with van der Waals surface area (Å²) < 4.78 is 6.37. The third kappa shape index (κ3) is 7.53. The number of fused-ring (bicyclic) bond motifs is 1. The normalized spacial score (nSPS) is 20.4. The summed E-state index contributed by atoms with van der Waals surface area (Å²) in [6.45, 7) is 12.0. The number of carbonyl (C=O) groups excluding carboxylic acids is 1. The lowest BCUT2D eigenvalue weighted by molar-refractivity contribution is -0.128. The molecule has 4 heteroatoms. The fourth-order valence-corrected chi connectivity index (χ4v) is 4.28. The standard InChI is InChI=1S/C27H40O4/c1-18(2)15-24(29)25(30)20(4)11-7-9-19(3)10-8-13-27(6)14-12-22-17-23(28)16-21(5)26(22)31-27/h10,15-17,20,24,28-29H,7-9,11-14H2,1-6H3/b19-10+/t20?,24-,27-/m1/s1. The van der Waals surface area contributed by atoms with E-state index in [-0.39, 0.29) is 17.3 Å². The van der Waals surface area contributed by atoms with Gasteiger partial charge in [0.2, 0.25) is 0 Å². The second-order valence-electron chi connectivity index (χ2n) is 9.78. The first kappa shape index (κ1) is 25.2. The Kier molecular flexibility index (Phi) is 8.93. The summed E-state index contributed by atoms with van der Waals surface area (Å²) >= 11 is 0. The number of allylic oxidation sites excluding steroid dienone is 3. The number of ether oxygens (including phenoxy) is 1. The molecule has 3 atom stereocenters. The Bertz CT molecular complexity index is 832. The van der Waals surface area contributed by atoms with E-state index < -0.39 is 6.10 Å². The molecule has 0 amide bonds. The molecule has 2 N–H and O–H groups in total. The van der Waals surface area contributed by atoms with Crippen molar-refractivity contribution < 1.29 is 19.7 Å². The maximum atomic E-state index is 12.2. The van der Waals surface area contributed by atoms with Crippen LogP contribution < -0.4 is 4.74 Å². The van der Waals surface area contributed by atoms with Crippen LogP contribution in [-0.4, -0.2) is 27.7 Å². The summed E-state index contributed by atoms with van der Waals surface area (Å²) in [7, 11) is 0. The molecule has 0 radical (unpaired) electrons. The van der Waals surface area contributed by atoms with Crippen molar-refractivity contribution in [2.75, 3.05) is 0 Å². The second-order valence-corrected chi connectivity index (χ2v) is 9.78. The summed E-state index contributed by atoms with van der Waals surface area (Å²) in [6, 6.07) is 3.58. The van der Waals surface area contributed by atoms with Crippen molar-refractivity contribution in [3.05, 3.63) is 46.6 Å². The minimum absolute atomic E-state index is 0.0888. The van der Waals surface area contributed by atoms with Crippen LogP contribution in [0.3, 0.4) is 0 Å². The molecule has 1 aliphatic rings. The summed E-state index contributed by atoms with van der Waals surface area (Å²) in [4.78, 5) is 12.2. The number of aromatic hydroxyl groups is 1. The molecule has 2 rings (SSSR count). The van der Waals surface area contributed by atoms with Crippen molar-refractivity contribution in [3.63, 3.8) is 0 Å². The maximum absolute atomic E-state index is 12.2. The fraction of sp³-hybridized carbons (Fsp3) is 0.593. The van der Waals surface area contributed by atoms with Gasteiger partial charge in [0.1, 0.15) is 23.2 Å². The number of phenols is 1. The highest BCUT2D eigenvalue weighted by molar-refractivity contribution is 5.86. The number of ketones is 1. The Labute approximate surface area is 188 Å². The van der Waals surface area contributed by atoms with Gasteiger partial charge in [0.25, 0.3) is 0 Å². The van der Waals surface area contributed by atoms with Gasteiger partial charge >= 0.3 is 0 Å². The van der Waals surface area contributed by atoms with Crippen LogP contribution in [0, 0.1) is 12.8 Å². The highest BCUT2D eigenvalue weighted by Crippen LogP contribution is 2.39. The van der Waals surface area contributed by atoms with Crippen molar-refractivity contribution in [1.82, 2.24) is 0 Å². The number of aliphatic hydroxyl groups is 1. The van der Waals surface area contributed by atoms with Gasteiger partial charge in [-0.1, -0.05) is 30.2 Å². The quantitative estimate of drug-likeness (QED) is 0.435. The van der Waals surface area contributed by atoms with Crippen LogP contribution in [0.15, 0.2) is 35.4 Å². The number of carbonyl (C=O) groups is 1. The molecule has 1 aliphatic heterocycles. The Morgan fingerprint density at radius 1 is 1.29 bits per heavy atom. The van der Waals surface area contributed by atoms with Crippen LogP contribution in [0.2, 0.25) is 0 Å². The van der Waals surface area contributed by atoms with E-state index in [1.54, 1.807) is 12.1 Å². The monoisotopic (exact) mass is 428 g/mol. The molecular weight excluding hydrogens is 388 g/mol. The average molecular weight is 429 g/mol. The van der Waals surface area contributed by atoms with Crippen molar-refractivity contribution in [2.24, 2.45) is 5.92 Å². The van der Waals surface area contributed by atoms with Crippen LogP contribution in [0.1, 0.15) is 84.3 Å². The molecule has 1 aromatic carbocycles. The van der Waals surface area contributed by atoms with Gasteiger partial charge in [0.15, 0.2) is 5.78 Å². The first-order valence-electron chi connectivity index (χ1n) is 11.5. The number of aryl methyl sites for hydroxylation is 2. The minimum atomic E-state index is -0.981. The molecule has 0 aliphatic carbocycles. The number of hydrogen-bond acceptors (Lipinski definition) is 4. The predicted molar refractivity (Wildman–Crippen MR) is 127 cm³/mol. The zero-order chi connectivity index (χ0) is 23.2. The predicted octanol–water partition coefficient (Wildman–Crippen LogP) is 6.21. The lowest BCUT2D eigenvalue weighted by Gasteiger charge is -2.36. The lowest BCUT2D eigenvalue weighted by atomic mass is 9.87. The summed E-state index contributed by atoms with van der Waals surface area (Å²) in [5, 5.41) is 19.8. The molecular formula is C27H40O4. The molecule has 0 aromatic heterocycles. The third-order valence-electron chi connectivity index (χ3n) is 6.25. The molecule has 0 saturated carbocycles. The van der Waals surface area contributed by atoms with Crippen LogP contribution in [0.5, 0.6) is 11.5 Å². The van der Waals surface area contributed by atoms with E-state index in [2.05, 4.69) is 19.9 Å². The number of benzene rings is 1. The first-order chi connectivity index (χ1) is 14.5.